The number of nitrogens with zero attached hydrogens (tertiary/aromatic N) is 2. The van der Waals surface area contributed by atoms with E-state index in [4.69, 9.17) is 14.2 Å². The standard InChI is InChI=1S/C33H44N2O4/c1-4-6-8-10-12-22-37-31-23-34-33(35-24-31)29-16-14-27(15-17-29)28-18-20-30(21-19-28)38-25-26(3)39-32(36)13-11-9-7-5-2/h14-21,23-24,26H,4-13,22,25H2,1-3H3/t26-/m1/s1. The third kappa shape index (κ3) is 11.1. The number of ether oxygens (including phenoxy) is 3. The molecule has 1 aromatic heterocycles. The Labute approximate surface area is 234 Å². The first-order valence-electron chi connectivity index (χ1n) is 14.6. The summed E-state index contributed by atoms with van der Waals surface area (Å²) in [5.41, 5.74) is 3.14. The molecule has 39 heavy (non-hydrogen) atoms. The topological polar surface area (TPSA) is 70.5 Å². The molecule has 0 spiro atoms. The van der Waals surface area contributed by atoms with Crippen LogP contribution < -0.4 is 9.47 Å². The van der Waals surface area contributed by atoms with E-state index in [1.807, 2.05) is 43.3 Å². The zero-order valence-corrected chi connectivity index (χ0v) is 23.9. The fourth-order valence-electron chi connectivity index (χ4n) is 4.22. The number of hydrogen-bond donors (Lipinski definition) is 0. The van der Waals surface area contributed by atoms with Crippen molar-refractivity contribution in [1.82, 2.24) is 9.97 Å². The van der Waals surface area contributed by atoms with Crippen molar-refractivity contribution in [1.29, 1.82) is 0 Å². The van der Waals surface area contributed by atoms with Crippen LogP contribution in [0.5, 0.6) is 11.5 Å². The Kier molecular flexibility index (Phi) is 13.3. The van der Waals surface area contributed by atoms with Gasteiger partial charge in [-0.15, -0.1) is 0 Å². The van der Waals surface area contributed by atoms with Gasteiger partial charge in [0, 0.05) is 12.0 Å². The maximum absolute atomic E-state index is 11.9. The molecule has 0 aliphatic rings. The molecule has 1 heterocycles. The minimum atomic E-state index is -0.283. The minimum Gasteiger partial charge on any atom is -0.490 e. The molecule has 0 aliphatic heterocycles. The van der Waals surface area contributed by atoms with Crippen molar-refractivity contribution in [3.05, 3.63) is 60.9 Å². The smallest absolute Gasteiger partial charge is 0.306 e. The van der Waals surface area contributed by atoms with Crippen LogP contribution in [-0.2, 0) is 9.53 Å². The van der Waals surface area contributed by atoms with E-state index in [1.165, 1.54) is 25.7 Å². The van der Waals surface area contributed by atoms with Gasteiger partial charge in [0.1, 0.15) is 18.5 Å². The van der Waals surface area contributed by atoms with Crippen molar-refractivity contribution in [3.8, 4) is 34.0 Å². The van der Waals surface area contributed by atoms with Crippen molar-refractivity contribution < 1.29 is 19.0 Å². The Morgan fingerprint density at radius 3 is 1.90 bits per heavy atom. The summed E-state index contributed by atoms with van der Waals surface area (Å²) in [7, 11) is 0. The Morgan fingerprint density at radius 2 is 1.26 bits per heavy atom. The predicted molar refractivity (Wildman–Crippen MR) is 157 cm³/mol. The molecule has 6 nitrogen and oxygen atoms in total. The zero-order chi connectivity index (χ0) is 27.7. The lowest BCUT2D eigenvalue weighted by Gasteiger charge is -2.15. The van der Waals surface area contributed by atoms with Crippen LogP contribution in [-0.4, -0.2) is 35.3 Å². The van der Waals surface area contributed by atoms with Crippen LogP contribution in [0, 0.1) is 0 Å². The molecule has 0 radical (unpaired) electrons. The molecule has 0 N–H and O–H groups in total. The highest BCUT2D eigenvalue weighted by molar-refractivity contribution is 5.69. The second-order valence-electron chi connectivity index (χ2n) is 10.0. The van der Waals surface area contributed by atoms with Crippen LogP contribution >= 0.6 is 0 Å². The molecule has 3 rings (SSSR count). The minimum absolute atomic E-state index is 0.149. The molecule has 2 aromatic carbocycles. The van der Waals surface area contributed by atoms with Crippen LogP contribution in [0.25, 0.3) is 22.5 Å². The highest BCUT2D eigenvalue weighted by Gasteiger charge is 2.10. The lowest BCUT2D eigenvalue weighted by atomic mass is 10.0. The van der Waals surface area contributed by atoms with E-state index in [1.54, 1.807) is 12.4 Å². The van der Waals surface area contributed by atoms with Gasteiger partial charge in [-0.2, -0.15) is 0 Å². The molecule has 0 fully saturated rings. The van der Waals surface area contributed by atoms with Gasteiger partial charge in [-0.1, -0.05) is 95.2 Å². The average molecular weight is 533 g/mol. The molecule has 0 aliphatic carbocycles. The normalized spacial score (nSPS) is 11.7. The third-order valence-electron chi connectivity index (χ3n) is 6.53. The highest BCUT2D eigenvalue weighted by atomic mass is 16.6. The average Bonchev–Trinajstić information content (AvgIpc) is 2.97. The summed E-state index contributed by atoms with van der Waals surface area (Å²) < 4.78 is 17.1. The first kappa shape index (κ1) is 30.1. The van der Waals surface area contributed by atoms with Gasteiger partial charge < -0.3 is 14.2 Å². The number of carbonyl (C=O) groups is 1. The molecular weight excluding hydrogens is 488 g/mol. The molecular formula is C33H44N2O4. The molecule has 0 bridgehead atoms. The van der Waals surface area contributed by atoms with Gasteiger partial charge in [0.05, 0.1) is 19.0 Å². The Bertz CT molecular complexity index is 1080. The number of benzene rings is 2. The number of aromatic nitrogens is 2. The summed E-state index contributed by atoms with van der Waals surface area (Å²) >= 11 is 0. The summed E-state index contributed by atoms with van der Waals surface area (Å²) in [5.74, 6) is 1.99. The summed E-state index contributed by atoms with van der Waals surface area (Å²) in [5, 5.41) is 0. The monoisotopic (exact) mass is 532 g/mol. The van der Waals surface area contributed by atoms with Crippen LogP contribution in [0.2, 0.25) is 0 Å². The molecule has 210 valence electrons. The summed E-state index contributed by atoms with van der Waals surface area (Å²) in [6.45, 7) is 7.27. The van der Waals surface area contributed by atoms with Crippen LogP contribution in [0.4, 0.5) is 0 Å². The van der Waals surface area contributed by atoms with Gasteiger partial charge in [-0.05, 0) is 43.0 Å². The highest BCUT2D eigenvalue weighted by Crippen LogP contribution is 2.25. The Hall–Kier alpha value is -3.41. The number of esters is 1. The van der Waals surface area contributed by atoms with E-state index in [2.05, 4.69) is 35.9 Å². The van der Waals surface area contributed by atoms with Gasteiger partial charge in [0.2, 0.25) is 0 Å². The number of rotatable bonds is 18. The lowest BCUT2D eigenvalue weighted by Crippen LogP contribution is -2.21. The van der Waals surface area contributed by atoms with Crippen molar-refractivity contribution in [2.75, 3.05) is 13.2 Å². The maximum Gasteiger partial charge on any atom is 0.306 e. The van der Waals surface area contributed by atoms with E-state index in [-0.39, 0.29) is 12.1 Å². The first-order chi connectivity index (χ1) is 19.1. The van der Waals surface area contributed by atoms with Crippen LogP contribution in [0.15, 0.2) is 60.9 Å². The SMILES string of the molecule is CCCCCCCOc1cnc(-c2ccc(-c3ccc(OC[C@@H](C)OC(=O)CCCCCC)cc3)cc2)nc1. The van der Waals surface area contributed by atoms with E-state index in [9.17, 15) is 4.79 Å². The third-order valence-corrected chi connectivity index (χ3v) is 6.53. The van der Waals surface area contributed by atoms with Gasteiger partial charge >= 0.3 is 5.97 Å². The first-order valence-corrected chi connectivity index (χ1v) is 14.6. The molecule has 6 heteroatoms. The van der Waals surface area contributed by atoms with E-state index in [0.717, 1.165) is 54.5 Å². The fourth-order valence-corrected chi connectivity index (χ4v) is 4.22. The van der Waals surface area contributed by atoms with Crippen molar-refractivity contribution in [2.24, 2.45) is 0 Å². The second kappa shape index (κ2) is 17.2. The van der Waals surface area contributed by atoms with Crippen molar-refractivity contribution in [2.45, 2.75) is 91.1 Å². The zero-order valence-electron chi connectivity index (χ0n) is 23.9. The van der Waals surface area contributed by atoms with Crippen LogP contribution in [0.1, 0.15) is 85.0 Å². The summed E-state index contributed by atoms with van der Waals surface area (Å²) in [4.78, 5) is 20.9. The van der Waals surface area contributed by atoms with Gasteiger partial charge in [-0.25, -0.2) is 9.97 Å². The summed E-state index contributed by atoms with van der Waals surface area (Å²) in [6.07, 6.45) is 14.0. The second-order valence-corrected chi connectivity index (χ2v) is 10.0. The van der Waals surface area contributed by atoms with Gasteiger partial charge in [0.15, 0.2) is 11.6 Å². The van der Waals surface area contributed by atoms with Crippen molar-refractivity contribution in [3.63, 3.8) is 0 Å². The predicted octanol–water partition coefficient (Wildman–Crippen LogP) is 8.44. The maximum atomic E-state index is 11.9. The molecule has 3 aromatic rings. The van der Waals surface area contributed by atoms with E-state index >= 15 is 0 Å². The molecule has 1 atom stereocenters. The summed E-state index contributed by atoms with van der Waals surface area (Å²) in [6, 6.07) is 16.1. The quantitative estimate of drug-likeness (QED) is 0.121. The van der Waals surface area contributed by atoms with E-state index in [0.29, 0.717) is 31.2 Å². The molecule has 0 unspecified atom stereocenters. The number of carbonyl (C=O) groups excluding carboxylic acids is 1. The van der Waals surface area contributed by atoms with Crippen LogP contribution in [0.3, 0.4) is 0 Å². The van der Waals surface area contributed by atoms with Crippen molar-refractivity contribution >= 4 is 5.97 Å². The molecule has 0 saturated heterocycles. The number of hydrogen-bond acceptors (Lipinski definition) is 6. The Morgan fingerprint density at radius 1 is 0.692 bits per heavy atom. The molecule has 0 saturated carbocycles. The Balaban J connectivity index is 1.43. The largest absolute Gasteiger partial charge is 0.490 e. The van der Waals surface area contributed by atoms with E-state index < -0.39 is 0 Å². The number of unbranched alkanes of at least 4 members (excludes halogenated alkanes) is 7. The van der Waals surface area contributed by atoms with Gasteiger partial charge in [0.25, 0.3) is 0 Å². The molecule has 0 amide bonds. The fraction of sp³-hybridized carbons (Fsp3) is 0.485. The van der Waals surface area contributed by atoms with Gasteiger partial charge in [-0.3, -0.25) is 4.79 Å². The lowest BCUT2D eigenvalue weighted by molar-refractivity contribution is -0.149.